The van der Waals surface area contributed by atoms with E-state index in [-0.39, 0.29) is 12.1 Å². The number of guanidine groups is 1. The molecule has 3 heterocycles. The van der Waals surface area contributed by atoms with E-state index >= 15 is 0 Å². The Morgan fingerprint density at radius 1 is 1.42 bits per heavy atom. The number of carbonyl (C=O) groups is 1. The van der Waals surface area contributed by atoms with E-state index < -0.39 is 5.60 Å². The van der Waals surface area contributed by atoms with Crippen molar-refractivity contribution in [3.05, 3.63) is 11.1 Å². The summed E-state index contributed by atoms with van der Waals surface area (Å²) in [6.07, 6.45) is -0.239. The number of aliphatic imine (C=N–C) groups is 1. The van der Waals surface area contributed by atoms with Crippen molar-refractivity contribution in [2.75, 3.05) is 45.2 Å². The van der Waals surface area contributed by atoms with Crippen molar-refractivity contribution < 1.29 is 9.53 Å². The topological polar surface area (TPSA) is 73.3 Å². The van der Waals surface area contributed by atoms with E-state index in [1.54, 1.807) is 16.2 Å². The van der Waals surface area contributed by atoms with Crippen LogP contribution < -0.4 is 10.2 Å². The minimum absolute atomic E-state index is 0.214. The Morgan fingerprint density at radius 2 is 2.19 bits per heavy atom. The van der Waals surface area contributed by atoms with Gasteiger partial charge in [0.25, 0.3) is 0 Å². The number of carbonyl (C=O) groups excluding carboxylic acids is 1. The standard InChI is InChI=1S/C17H28N6O2S/c1-17(2,3)25-16(24)22-6-7-23-13(10-22)9-19-14(23)18-8-12-11-26-15(20-12)21(4)5/h11,13H,6-10H2,1-5H3,(H,18,19). The number of amides is 1. The third-order valence-electron chi connectivity index (χ3n) is 4.21. The molecule has 0 saturated carbocycles. The molecule has 1 aromatic heterocycles. The van der Waals surface area contributed by atoms with Crippen LogP contribution in [0.15, 0.2) is 10.4 Å². The number of nitrogens with zero attached hydrogens (tertiary/aromatic N) is 5. The van der Waals surface area contributed by atoms with E-state index in [0.717, 1.165) is 23.3 Å². The van der Waals surface area contributed by atoms with E-state index in [1.807, 2.05) is 39.8 Å². The lowest BCUT2D eigenvalue weighted by atomic mass is 10.2. The van der Waals surface area contributed by atoms with Crippen LogP contribution in [0.2, 0.25) is 0 Å². The maximum Gasteiger partial charge on any atom is 0.410 e. The van der Waals surface area contributed by atoms with Gasteiger partial charge < -0.3 is 24.8 Å². The number of anilines is 1. The molecule has 1 atom stereocenters. The van der Waals surface area contributed by atoms with Gasteiger partial charge in [-0.3, -0.25) is 4.99 Å². The monoisotopic (exact) mass is 380 g/mol. The molecule has 1 fully saturated rings. The average molecular weight is 381 g/mol. The molecule has 1 amide bonds. The highest BCUT2D eigenvalue weighted by Crippen LogP contribution is 2.20. The second-order valence-corrected chi connectivity index (χ2v) is 8.64. The van der Waals surface area contributed by atoms with Crippen LogP contribution in [0, 0.1) is 0 Å². The van der Waals surface area contributed by atoms with Gasteiger partial charge >= 0.3 is 6.09 Å². The second-order valence-electron chi connectivity index (χ2n) is 7.81. The number of aromatic nitrogens is 1. The van der Waals surface area contributed by atoms with Gasteiger partial charge in [0.15, 0.2) is 11.1 Å². The zero-order chi connectivity index (χ0) is 18.9. The highest BCUT2D eigenvalue weighted by Gasteiger charge is 2.36. The van der Waals surface area contributed by atoms with Crippen molar-refractivity contribution in [1.29, 1.82) is 0 Å². The summed E-state index contributed by atoms with van der Waals surface area (Å²) in [7, 11) is 3.98. The molecule has 144 valence electrons. The predicted molar refractivity (Wildman–Crippen MR) is 104 cm³/mol. The van der Waals surface area contributed by atoms with Gasteiger partial charge in [0.1, 0.15) is 5.60 Å². The number of hydrogen-bond acceptors (Lipinski definition) is 8. The Balaban J connectivity index is 1.51. The Hall–Kier alpha value is -2.03. The van der Waals surface area contributed by atoms with Crippen LogP contribution in [-0.4, -0.2) is 78.8 Å². The Morgan fingerprint density at radius 3 is 2.85 bits per heavy atom. The summed E-state index contributed by atoms with van der Waals surface area (Å²) < 4.78 is 5.48. The molecule has 1 N–H and O–H groups in total. The molecular formula is C17H28N6O2S. The molecule has 8 nitrogen and oxygen atoms in total. The Kier molecular flexibility index (Phi) is 5.27. The van der Waals surface area contributed by atoms with Gasteiger partial charge in [0, 0.05) is 39.1 Å². The van der Waals surface area contributed by atoms with Crippen LogP contribution in [0.4, 0.5) is 9.93 Å². The van der Waals surface area contributed by atoms with E-state index in [4.69, 9.17) is 4.74 Å². The average Bonchev–Trinajstić information content (AvgIpc) is 3.17. The first-order valence-electron chi connectivity index (χ1n) is 8.87. The van der Waals surface area contributed by atoms with Gasteiger partial charge in [-0.05, 0) is 20.8 Å². The molecule has 1 saturated heterocycles. The van der Waals surface area contributed by atoms with Crippen molar-refractivity contribution in [2.24, 2.45) is 4.99 Å². The molecule has 0 aliphatic carbocycles. The third-order valence-corrected chi connectivity index (χ3v) is 5.27. The Bertz CT molecular complexity index is 681. The molecule has 2 aliphatic heterocycles. The molecule has 2 aliphatic rings. The smallest absolute Gasteiger partial charge is 0.410 e. The second kappa shape index (κ2) is 7.30. The van der Waals surface area contributed by atoms with Crippen LogP contribution in [0.1, 0.15) is 26.5 Å². The number of piperazine rings is 1. The van der Waals surface area contributed by atoms with Gasteiger partial charge in [-0.25, -0.2) is 9.78 Å². The van der Waals surface area contributed by atoms with Crippen LogP contribution >= 0.6 is 11.3 Å². The molecule has 0 spiro atoms. The largest absolute Gasteiger partial charge is 0.444 e. The van der Waals surface area contributed by atoms with Gasteiger partial charge in [0.2, 0.25) is 0 Å². The fourth-order valence-electron chi connectivity index (χ4n) is 2.98. The van der Waals surface area contributed by atoms with Crippen molar-refractivity contribution in [3.8, 4) is 0 Å². The number of rotatable bonds is 3. The minimum atomic E-state index is -0.466. The highest BCUT2D eigenvalue weighted by atomic mass is 32.1. The maximum atomic E-state index is 12.3. The fourth-order valence-corrected chi connectivity index (χ4v) is 3.73. The van der Waals surface area contributed by atoms with Gasteiger partial charge in [-0.1, -0.05) is 0 Å². The van der Waals surface area contributed by atoms with Crippen LogP contribution in [0.3, 0.4) is 0 Å². The number of fused-ring (bicyclic) bond motifs is 1. The summed E-state index contributed by atoms with van der Waals surface area (Å²) in [6, 6.07) is 0.214. The van der Waals surface area contributed by atoms with Crippen LogP contribution in [-0.2, 0) is 11.3 Å². The van der Waals surface area contributed by atoms with E-state index in [0.29, 0.717) is 26.2 Å². The fraction of sp³-hybridized carbons (Fsp3) is 0.706. The SMILES string of the molecule is CN(C)c1nc(CNC2=NCC3CN(C(=O)OC(C)(C)C)CCN23)cs1. The molecule has 0 radical (unpaired) electrons. The Labute approximate surface area is 158 Å². The molecule has 0 aromatic carbocycles. The lowest BCUT2D eigenvalue weighted by Gasteiger charge is -2.39. The first-order chi connectivity index (χ1) is 12.2. The zero-order valence-corrected chi connectivity index (χ0v) is 17.0. The molecular weight excluding hydrogens is 352 g/mol. The first kappa shape index (κ1) is 18.8. The predicted octanol–water partition coefficient (Wildman–Crippen LogP) is 1.59. The van der Waals surface area contributed by atoms with Crippen molar-refractivity contribution in [3.63, 3.8) is 0 Å². The number of ether oxygens (including phenoxy) is 1. The molecule has 0 bridgehead atoms. The van der Waals surface area contributed by atoms with Crippen molar-refractivity contribution in [2.45, 2.75) is 39.0 Å². The normalized spacial score (nSPS) is 19.9. The lowest BCUT2D eigenvalue weighted by molar-refractivity contribution is 0.0137. The molecule has 9 heteroatoms. The number of nitrogens with one attached hydrogen (secondary N) is 1. The minimum Gasteiger partial charge on any atom is -0.444 e. The lowest BCUT2D eigenvalue weighted by Crippen LogP contribution is -2.57. The quantitative estimate of drug-likeness (QED) is 0.859. The molecule has 3 rings (SSSR count). The summed E-state index contributed by atoms with van der Waals surface area (Å²) in [6.45, 7) is 9.07. The van der Waals surface area contributed by atoms with E-state index in [1.165, 1.54) is 0 Å². The summed E-state index contributed by atoms with van der Waals surface area (Å²) in [4.78, 5) is 27.5. The van der Waals surface area contributed by atoms with Gasteiger partial charge in [-0.2, -0.15) is 0 Å². The van der Waals surface area contributed by atoms with Crippen molar-refractivity contribution >= 4 is 28.5 Å². The van der Waals surface area contributed by atoms with Gasteiger partial charge in [0.05, 0.1) is 24.8 Å². The summed E-state index contributed by atoms with van der Waals surface area (Å²) in [5.74, 6) is 0.901. The van der Waals surface area contributed by atoms with E-state index in [2.05, 4.69) is 25.6 Å². The van der Waals surface area contributed by atoms with E-state index in [9.17, 15) is 4.79 Å². The van der Waals surface area contributed by atoms with Crippen LogP contribution in [0.25, 0.3) is 0 Å². The summed E-state index contributed by atoms with van der Waals surface area (Å²) in [5, 5.41) is 6.46. The van der Waals surface area contributed by atoms with Crippen LogP contribution in [0.5, 0.6) is 0 Å². The maximum absolute atomic E-state index is 12.3. The highest BCUT2D eigenvalue weighted by molar-refractivity contribution is 7.13. The molecule has 1 aromatic rings. The first-order valence-corrected chi connectivity index (χ1v) is 9.75. The summed E-state index contributed by atoms with van der Waals surface area (Å²) >= 11 is 1.63. The summed E-state index contributed by atoms with van der Waals surface area (Å²) in [5.41, 5.74) is 0.545. The zero-order valence-electron chi connectivity index (χ0n) is 16.2. The number of hydrogen-bond donors (Lipinski definition) is 1. The third kappa shape index (κ3) is 4.38. The van der Waals surface area contributed by atoms with Crippen molar-refractivity contribution in [1.82, 2.24) is 20.1 Å². The number of thiazole rings is 1. The molecule has 1 unspecified atom stereocenters. The molecule has 26 heavy (non-hydrogen) atoms. The van der Waals surface area contributed by atoms with Gasteiger partial charge in [-0.15, -0.1) is 11.3 Å².